The number of hydrogen-bond acceptors (Lipinski definition) is 5. The molecule has 2 saturated heterocycles. The molecular weight excluding hydrogens is 324 g/mol. The Labute approximate surface area is 148 Å². The summed E-state index contributed by atoms with van der Waals surface area (Å²) in [6.07, 6.45) is 2.96. The Balaban J connectivity index is 0.00000169. The Morgan fingerprint density at radius 2 is 2.12 bits per heavy atom. The Hall–Kier alpha value is -1.81. The molecule has 7 heteroatoms. The molecule has 0 spiro atoms. The molecular formula is C17H23ClN6. The first kappa shape index (κ1) is 17.0. The molecule has 2 atom stereocenters. The SMILES string of the molecule is C[C@@H]1CN(c2ccc(C#N)n3nccc23)C[C@@H]2CCNCCN21.Cl. The van der Waals surface area contributed by atoms with Crippen molar-refractivity contribution in [1.82, 2.24) is 19.8 Å². The van der Waals surface area contributed by atoms with Crippen LogP contribution in [0, 0.1) is 11.3 Å². The lowest BCUT2D eigenvalue weighted by molar-refractivity contribution is 0.129. The summed E-state index contributed by atoms with van der Waals surface area (Å²) >= 11 is 0. The van der Waals surface area contributed by atoms with Gasteiger partial charge in [0.25, 0.3) is 0 Å². The molecule has 0 amide bonds. The van der Waals surface area contributed by atoms with Crippen molar-refractivity contribution in [2.45, 2.75) is 25.4 Å². The molecule has 0 saturated carbocycles. The number of nitrogens with zero attached hydrogens (tertiary/aromatic N) is 5. The van der Waals surface area contributed by atoms with Crippen molar-refractivity contribution in [2.75, 3.05) is 37.6 Å². The second kappa shape index (κ2) is 6.98. The number of piperazine rings is 1. The number of hydrogen-bond donors (Lipinski definition) is 1. The molecule has 4 rings (SSSR count). The molecule has 1 N–H and O–H groups in total. The van der Waals surface area contributed by atoms with Crippen LogP contribution >= 0.6 is 12.4 Å². The van der Waals surface area contributed by atoms with Gasteiger partial charge in [0, 0.05) is 38.3 Å². The molecule has 0 aromatic carbocycles. The van der Waals surface area contributed by atoms with Gasteiger partial charge in [-0.1, -0.05) is 0 Å². The van der Waals surface area contributed by atoms with Gasteiger partial charge in [-0.15, -0.1) is 12.4 Å². The second-order valence-corrected chi connectivity index (χ2v) is 6.53. The lowest BCUT2D eigenvalue weighted by Crippen LogP contribution is -2.58. The summed E-state index contributed by atoms with van der Waals surface area (Å²) in [6, 6.07) is 9.29. The Morgan fingerprint density at radius 3 is 2.96 bits per heavy atom. The molecule has 2 aromatic rings. The lowest BCUT2D eigenvalue weighted by atomic mass is 10.0. The van der Waals surface area contributed by atoms with Crippen LogP contribution < -0.4 is 10.2 Å². The van der Waals surface area contributed by atoms with Crippen LogP contribution in [0.4, 0.5) is 5.69 Å². The maximum absolute atomic E-state index is 9.24. The highest BCUT2D eigenvalue weighted by atomic mass is 35.5. The lowest BCUT2D eigenvalue weighted by Gasteiger charge is -2.46. The summed E-state index contributed by atoms with van der Waals surface area (Å²) in [4.78, 5) is 5.11. The fourth-order valence-electron chi connectivity index (χ4n) is 4.03. The van der Waals surface area contributed by atoms with Crippen LogP contribution in [-0.4, -0.2) is 59.3 Å². The number of pyridine rings is 1. The topological polar surface area (TPSA) is 59.6 Å². The van der Waals surface area contributed by atoms with Crippen LogP contribution in [0.2, 0.25) is 0 Å². The van der Waals surface area contributed by atoms with Gasteiger partial charge in [-0.3, -0.25) is 4.90 Å². The van der Waals surface area contributed by atoms with E-state index in [0.29, 0.717) is 17.8 Å². The second-order valence-electron chi connectivity index (χ2n) is 6.53. The summed E-state index contributed by atoms with van der Waals surface area (Å²) in [6.45, 7) is 7.70. The van der Waals surface area contributed by atoms with E-state index in [4.69, 9.17) is 0 Å². The highest BCUT2D eigenvalue weighted by Crippen LogP contribution is 2.28. The van der Waals surface area contributed by atoms with E-state index >= 15 is 0 Å². The summed E-state index contributed by atoms with van der Waals surface area (Å²) in [5, 5.41) is 17.1. The quantitative estimate of drug-likeness (QED) is 0.848. The summed E-state index contributed by atoms with van der Waals surface area (Å²) < 4.78 is 1.75. The molecule has 128 valence electrons. The number of aromatic nitrogens is 2. The predicted molar refractivity (Wildman–Crippen MR) is 96.8 cm³/mol. The Bertz CT molecular complexity index is 751. The zero-order valence-electron chi connectivity index (χ0n) is 13.9. The first-order chi connectivity index (χ1) is 11.3. The summed E-state index contributed by atoms with van der Waals surface area (Å²) in [7, 11) is 0. The molecule has 0 aliphatic carbocycles. The first-order valence-electron chi connectivity index (χ1n) is 8.36. The van der Waals surface area contributed by atoms with Crippen molar-refractivity contribution in [2.24, 2.45) is 0 Å². The van der Waals surface area contributed by atoms with Crippen molar-refractivity contribution >= 4 is 23.6 Å². The standard InChI is InChI=1S/C17H22N6.ClH/c1-13-11-21(12-15-4-6-19-8-9-22(13)15)16-3-2-14(10-18)23-17(16)5-7-20-23;/h2-3,5,7,13,15,19H,4,6,8-9,11-12H2,1H3;1H/t13-,15+;/m1./s1. The van der Waals surface area contributed by atoms with Crippen LogP contribution in [0.25, 0.3) is 5.52 Å². The largest absolute Gasteiger partial charge is 0.367 e. The maximum atomic E-state index is 9.24. The van der Waals surface area contributed by atoms with Crippen molar-refractivity contribution in [3.05, 3.63) is 30.1 Å². The smallest absolute Gasteiger partial charge is 0.142 e. The van der Waals surface area contributed by atoms with Crippen LogP contribution in [-0.2, 0) is 0 Å². The Morgan fingerprint density at radius 1 is 1.25 bits per heavy atom. The molecule has 0 bridgehead atoms. The van der Waals surface area contributed by atoms with Gasteiger partial charge in [-0.25, -0.2) is 4.52 Å². The van der Waals surface area contributed by atoms with Gasteiger partial charge in [-0.2, -0.15) is 10.4 Å². The first-order valence-corrected chi connectivity index (χ1v) is 8.36. The van der Waals surface area contributed by atoms with E-state index < -0.39 is 0 Å². The fraction of sp³-hybridized carbons (Fsp3) is 0.529. The van der Waals surface area contributed by atoms with Crippen LogP contribution in [0.3, 0.4) is 0 Å². The minimum Gasteiger partial charge on any atom is -0.367 e. The predicted octanol–water partition coefficient (Wildman–Crippen LogP) is 1.50. The molecule has 0 unspecified atom stereocenters. The van der Waals surface area contributed by atoms with Crippen molar-refractivity contribution in [3.63, 3.8) is 0 Å². The fourth-order valence-corrected chi connectivity index (χ4v) is 4.03. The van der Waals surface area contributed by atoms with Gasteiger partial charge in [0.15, 0.2) is 0 Å². The van der Waals surface area contributed by atoms with Crippen molar-refractivity contribution < 1.29 is 0 Å². The van der Waals surface area contributed by atoms with Gasteiger partial charge in [0.05, 0.1) is 17.4 Å². The van der Waals surface area contributed by atoms with E-state index in [1.54, 1.807) is 10.7 Å². The highest BCUT2D eigenvalue weighted by molar-refractivity contribution is 5.85. The van der Waals surface area contributed by atoms with E-state index in [2.05, 4.69) is 39.3 Å². The Kier molecular flexibility index (Phi) is 4.95. The zero-order chi connectivity index (χ0) is 15.8. The van der Waals surface area contributed by atoms with Gasteiger partial charge >= 0.3 is 0 Å². The zero-order valence-corrected chi connectivity index (χ0v) is 14.7. The van der Waals surface area contributed by atoms with E-state index in [-0.39, 0.29) is 12.4 Å². The molecule has 0 radical (unpaired) electrons. The highest BCUT2D eigenvalue weighted by Gasteiger charge is 2.33. The summed E-state index contributed by atoms with van der Waals surface area (Å²) in [5.74, 6) is 0. The van der Waals surface area contributed by atoms with Gasteiger partial charge in [0.2, 0.25) is 0 Å². The van der Waals surface area contributed by atoms with E-state index in [9.17, 15) is 5.26 Å². The molecule has 2 fully saturated rings. The molecule has 2 aromatic heterocycles. The maximum Gasteiger partial charge on any atom is 0.142 e. The monoisotopic (exact) mass is 346 g/mol. The van der Waals surface area contributed by atoms with Crippen LogP contribution in [0.1, 0.15) is 19.0 Å². The number of rotatable bonds is 1. The minimum absolute atomic E-state index is 0. The normalized spacial score (nSPS) is 24.8. The van der Waals surface area contributed by atoms with Gasteiger partial charge in [-0.05, 0) is 38.1 Å². The van der Waals surface area contributed by atoms with Gasteiger partial charge < -0.3 is 10.2 Å². The number of nitrogens with one attached hydrogen (secondary N) is 1. The molecule has 2 aliphatic heterocycles. The molecule has 24 heavy (non-hydrogen) atoms. The van der Waals surface area contributed by atoms with E-state index in [1.165, 1.54) is 12.1 Å². The average molecular weight is 347 g/mol. The molecule has 4 heterocycles. The number of nitriles is 1. The third kappa shape index (κ3) is 2.84. The average Bonchev–Trinajstić information content (AvgIpc) is 2.92. The van der Waals surface area contributed by atoms with E-state index in [0.717, 1.165) is 38.2 Å². The third-order valence-electron chi connectivity index (χ3n) is 5.14. The number of fused-ring (bicyclic) bond motifs is 2. The molecule has 2 aliphatic rings. The van der Waals surface area contributed by atoms with Gasteiger partial charge in [0.1, 0.15) is 11.8 Å². The minimum atomic E-state index is 0. The van der Waals surface area contributed by atoms with Crippen LogP contribution in [0.15, 0.2) is 24.4 Å². The van der Waals surface area contributed by atoms with Crippen molar-refractivity contribution in [1.29, 1.82) is 5.26 Å². The van der Waals surface area contributed by atoms with E-state index in [1.807, 2.05) is 12.1 Å². The summed E-state index contributed by atoms with van der Waals surface area (Å²) in [5.41, 5.74) is 2.79. The molecule has 6 nitrogen and oxygen atoms in total. The number of anilines is 1. The van der Waals surface area contributed by atoms with Crippen LogP contribution in [0.5, 0.6) is 0 Å². The third-order valence-corrected chi connectivity index (χ3v) is 5.14. The number of halogens is 1. The van der Waals surface area contributed by atoms with Crippen molar-refractivity contribution in [3.8, 4) is 6.07 Å².